The number of sulfonamides is 1. The van der Waals surface area contributed by atoms with Gasteiger partial charge in [-0.1, -0.05) is 11.6 Å². The number of hydrogen-bond donors (Lipinski definition) is 1. The van der Waals surface area contributed by atoms with Gasteiger partial charge in [-0.25, -0.2) is 13.1 Å². The summed E-state index contributed by atoms with van der Waals surface area (Å²) in [6.07, 6.45) is 1.14. The van der Waals surface area contributed by atoms with Gasteiger partial charge < -0.3 is 0 Å². The molecular weight excluding hydrogens is 375 g/mol. The second-order valence-corrected chi connectivity index (χ2v) is 10.0. The number of benzene rings is 1. The zero-order valence-corrected chi connectivity index (χ0v) is 15.0. The van der Waals surface area contributed by atoms with Gasteiger partial charge in [0.25, 0.3) is 0 Å². The van der Waals surface area contributed by atoms with E-state index < -0.39 is 32.3 Å². The number of alkyl halides is 3. The fraction of sp³-hybridized carbons (Fsp3) is 0.647. The molecule has 25 heavy (non-hydrogen) atoms. The summed E-state index contributed by atoms with van der Waals surface area (Å²) in [5, 5.41) is -0.499. The molecule has 1 aromatic rings. The fourth-order valence-corrected chi connectivity index (χ4v) is 7.15. The van der Waals surface area contributed by atoms with E-state index in [0.29, 0.717) is 23.8 Å². The summed E-state index contributed by atoms with van der Waals surface area (Å²) in [6, 6.07) is 2.77. The topological polar surface area (TPSA) is 46.2 Å². The molecule has 4 saturated carbocycles. The van der Waals surface area contributed by atoms with Gasteiger partial charge in [0.2, 0.25) is 10.0 Å². The van der Waals surface area contributed by atoms with Crippen LogP contribution < -0.4 is 4.72 Å². The molecule has 0 aliphatic heterocycles. The zero-order chi connectivity index (χ0) is 18.0. The Morgan fingerprint density at radius 3 is 2.04 bits per heavy atom. The molecule has 4 bridgehead atoms. The number of nitrogens with one attached hydrogen (secondary N) is 1. The van der Waals surface area contributed by atoms with Crippen molar-refractivity contribution in [1.82, 2.24) is 4.72 Å². The first-order valence-electron chi connectivity index (χ1n) is 8.47. The summed E-state index contributed by atoms with van der Waals surface area (Å²) in [6.45, 7) is 0. The summed E-state index contributed by atoms with van der Waals surface area (Å²) >= 11 is 5.60. The van der Waals surface area contributed by atoms with Crippen molar-refractivity contribution < 1.29 is 21.6 Å². The Hall–Kier alpha value is -0.790. The average Bonchev–Trinajstić information content (AvgIpc) is 2.43. The van der Waals surface area contributed by atoms with Crippen molar-refractivity contribution in [3.8, 4) is 0 Å². The van der Waals surface area contributed by atoms with Crippen LogP contribution in [0.5, 0.6) is 0 Å². The van der Waals surface area contributed by atoms with E-state index >= 15 is 0 Å². The van der Waals surface area contributed by atoms with Crippen LogP contribution in [0.2, 0.25) is 5.02 Å². The molecule has 0 aromatic heterocycles. The summed E-state index contributed by atoms with van der Waals surface area (Å²) in [7, 11) is -4.03. The van der Waals surface area contributed by atoms with E-state index in [4.69, 9.17) is 11.6 Å². The summed E-state index contributed by atoms with van der Waals surface area (Å²) in [5.74, 6) is 1.60. The third-order valence-electron chi connectivity index (χ3n) is 5.94. The molecule has 0 unspecified atom stereocenters. The van der Waals surface area contributed by atoms with Gasteiger partial charge in [-0.2, -0.15) is 13.2 Å². The van der Waals surface area contributed by atoms with Crippen LogP contribution in [0.15, 0.2) is 23.1 Å². The largest absolute Gasteiger partial charge is 0.417 e. The molecule has 5 rings (SSSR count). The molecule has 4 aliphatic carbocycles. The lowest BCUT2D eigenvalue weighted by Gasteiger charge is -2.56. The SMILES string of the molecule is O=S(=O)(NC12CC3CC(CC(C3)C1)C2)c1ccc(Cl)c(C(F)(F)F)c1. The molecule has 0 radical (unpaired) electrons. The molecular formula is C17H19ClF3NO2S. The summed E-state index contributed by atoms with van der Waals surface area (Å²) < 4.78 is 67.5. The Balaban J connectivity index is 1.65. The lowest BCUT2D eigenvalue weighted by Crippen LogP contribution is -2.59. The first-order valence-corrected chi connectivity index (χ1v) is 10.3. The molecule has 0 saturated heterocycles. The van der Waals surface area contributed by atoms with E-state index in [0.717, 1.165) is 50.7 Å². The van der Waals surface area contributed by atoms with E-state index in [1.807, 2.05) is 0 Å². The van der Waals surface area contributed by atoms with Gasteiger partial charge in [-0.3, -0.25) is 0 Å². The number of rotatable bonds is 3. The lowest BCUT2D eigenvalue weighted by molar-refractivity contribution is -0.137. The van der Waals surface area contributed by atoms with Crippen LogP contribution in [0.4, 0.5) is 13.2 Å². The van der Waals surface area contributed by atoms with Gasteiger partial charge in [0.1, 0.15) is 0 Å². The van der Waals surface area contributed by atoms with Gasteiger partial charge in [-0.15, -0.1) is 0 Å². The molecule has 0 spiro atoms. The molecule has 3 nitrogen and oxygen atoms in total. The average molecular weight is 394 g/mol. The Labute approximate surface area is 150 Å². The standard InChI is InChI=1S/C17H19ClF3NO2S/c18-15-2-1-13(6-14(15)17(19,20)21)25(23,24)22-16-7-10-3-11(8-16)5-12(4-10)9-16/h1-2,6,10-12,22H,3-5,7-9H2. The predicted octanol–water partition coefficient (Wildman–Crippen LogP) is 4.61. The van der Waals surface area contributed by atoms with E-state index in [-0.39, 0.29) is 4.90 Å². The Morgan fingerprint density at radius 1 is 1.04 bits per heavy atom. The Bertz CT molecular complexity index is 771. The zero-order valence-electron chi connectivity index (χ0n) is 13.4. The van der Waals surface area contributed by atoms with Gasteiger partial charge in [0, 0.05) is 5.54 Å². The highest BCUT2D eigenvalue weighted by Crippen LogP contribution is 2.56. The van der Waals surface area contributed by atoms with Crippen LogP contribution in [-0.4, -0.2) is 14.0 Å². The van der Waals surface area contributed by atoms with E-state index in [1.54, 1.807) is 0 Å². The van der Waals surface area contributed by atoms with Crippen molar-refractivity contribution in [2.75, 3.05) is 0 Å². The molecule has 0 atom stereocenters. The highest BCUT2D eigenvalue weighted by Gasteiger charge is 2.52. The molecule has 0 heterocycles. The Kier molecular flexibility index (Phi) is 3.95. The third-order valence-corrected chi connectivity index (χ3v) is 7.85. The maximum atomic E-state index is 13.0. The van der Waals surface area contributed by atoms with E-state index in [1.165, 1.54) is 0 Å². The summed E-state index contributed by atoms with van der Waals surface area (Å²) in [4.78, 5) is -0.375. The van der Waals surface area contributed by atoms with Crippen LogP contribution in [0, 0.1) is 17.8 Å². The van der Waals surface area contributed by atoms with Gasteiger partial charge in [-0.05, 0) is 74.5 Å². The first kappa shape index (κ1) is 17.6. The Morgan fingerprint density at radius 2 is 1.56 bits per heavy atom. The maximum absolute atomic E-state index is 13.0. The van der Waals surface area contributed by atoms with Crippen LogP contribution in [0.1, 0.15) is 44.1 Å². The minimum atomic E-state index is -4.69. The van der Waals surface area contributed by atoms with Crippen LogP contribution >= 0.6 is 11.6 Å². The van der Waals surface area contributed by atoms with E-state index in [9.17, 15) is 21.6 Å². The second kappa shape index (κ2) is 5.60. The quantitative estimate of drug-likeness (QED) is 0.815. The molecule has 8 heteroatoms. The van der Waals surface area contributed by atoms with Crippen LogP contribution in [0.25, 0.3) is 0 Å². The van der Waals surface area contributed by atoms with Crippen molar-refractivity contribution in [3.63, 3.8) is 0 Å². The van der Waals surface area contributed by atoms with Crippen molar-refractivity contribution in [3.05, 3.63) is 28.8 Å². The van der Waals surface area contributed by atoms with Crippen LogP contribution in [0.3, 0.4) is 0 Å². The van der Waals surface area contributed by atoms with Crippen LogP contribution in [-0.2, 0) is 16.2 Å². The molecule has 1 N–H and O–H groups in total. The molecule has 4 aliphatic rings. The molecule has 138 valence electrons. The summed E-state index contributed by atoms with van der Waals surface area (Å²) in [5.41, 5.74) is -1.62. The normalized spacial score (nSPS) is 34.5. The van der Waals surface area contributed by atoms with Crippen molar-refractivity contribution in [2.45, 2.75) is 55.1 Å². The predicted molar refractivity (Wildman–Crippen MR) is 87.7 cm³/mol. The third kappa shape index (κ3) is 3.19. The molecule has 4 fully saturated rings. The van der Waals surface area contributed by atoms with Gasteiger partial charge >= 0.3 is 6.18 Å². The van der Waals surface area contributed by atoms with E-state index in [2.05, 4.69) is 4.72 Å². The second-order valence-electron chi connectivity index (χ2n) is 7.94. The lowest BCUT2D eigenvalue weighted by atomic mass is 9.53. The van der Waals surface area contributed by atoms with Gasteiger partial charge in [0.05, 0.1) is 15.5 Å². The van der Waals surface area contributed by atoms with Gasteiger partial charge in [0.15, 0.2) is 0 Å². The highest BCUT2D eigenvalue weighted by atomic mass is 35.5. The maximum Gasteiger partial charge on any atom is 0.417 e. The number of halogens is 4. The fourth-order valence-electron chi connectivity index (χ4n) is 5.47. The van der Waals surface area contributed by atoms with Crippen molar-refractivity contribution in [2.24, 2.45) is 17.8 Å². The minimum Gasteiger partial charge on any atom is -0.207 e. The molecule has 1 aromatic carbocycles. The minimum absolute atomic E-state index is 0.375. The molecule has 0 amide bonds. The highest BCUT2D eigenvalue weighted by molar-refractivity contribution is 7.89. The van der Waals surface area contributed by atoms with Crippen molar-refractivity contribution >= 4 is 21.6 Å². The monoisotopic (exact) mass is 393 g/mol. The first-order chi connectivity index (χ1) is 11.6. The van der Waals surface area contributed by atoms with Crippen molar-refractivity contribution in [1.29, 1.82) is 0 Å². The smallest absolute Gasteiger partial charge is 0.207 e. The number of hydrogen-bond acceptors (Lipinski definition) is 2.